The van der Waals surface area contributed by atoms with E-state index in [1.807, 2.05) is 79.2 Å². The first-order valence-electron chi connectivity index (χ1n) is 19.5. The summed E-state index contributed by atoms with van der Waals surface area (Å²) in [5.41, 5.74) is 2.57. The standard InChI is InChI=1S/C44H56N6O7S2/c1-26-41(51)47(4)28(3)43(53)48(5)34(22-29-12-17-32(55-8)18-13-29)39(58-10)46-27(2)42(52)50(7)36-23-30-14-19-33(20-15-30)57-38-25-31(16-21-37(38)56-9)24-35(40(45-26)59-11)49(6)44(36)54/h12-21,25-28,34-36H,22-24H2,1-11H3/t26-,27+,28+,34+,35+,36+/m1/s1. The van der Waals surface area contributed by atoms with Gasteiger partial charge in [0.15, 0.2) is 11.5 Å². The van der Waals surface area contributed by atoms with E-state index in [1.54, 1.807) is 73.0 Å². The molecule has 0 radical (unpaired) electrons. The van der Waals surface area contributed by atoms with Crippen LogP contribution in [0.4, 0.5) is 0 Å². The fraction of sp³-hybridized carbons (Fsp3) is 0.455. The number of fused-ring (bicyclic) bond motifs is 2. The number of ether oxygens (including phenoxy) is 3. The molecule has 3 aliphatic rings. The highest BCUT2D eigenvalue weighted by molar-refractivity contribution is 8.13. The molecule has 0 spiro atoms. The first-order valence-corrected chi connectivity index (χ1v) is 21.9. The Kier molecular flexibility index (Phi) is 15.1. The van der Waals surface area contributed by atoms with Crippen molar-refractivity contribution in [2.75, 3.05) is 54.9 Å². The first kappa shape index (κ1) is 45.1. The van der Waals surface area contributed by atoms with E-state index in [9.17, 15) is 14.4 Å². The summed E-state index contributed by atoms with van der Waals surface area (Å²) in [5.74, 6) is 1.03. The highest BCUT2D eigenvalue weighted by Crippen LogP contribution is 2.34. The lowest BCUT2D eigenvalue weighted by Gasteiger charge is -2.37. The fourth-order valence-electron chi connectivity index (χ4n) is 7.33. The summed E-state index contributed by atoms with van der Waals surface area (Å²) < 4.78 is 17.3. The molecule has 0 saturated heterocycles. The molecular formula is C44H56N6O7S2. The predicted molar refractivity (Wildman–Crippen MR) is 236 cm³/mol. The van der Waals surface area contributed by atoms with Gasteiger partial charge in [-0.3, -0.25) is 29.2 Å². The number of aliphatic imine (C=N–C) groups is 2. The lowest BCUT2D eigenvalue weighted by atomic mass is 9.99. The van der Waals surface area contributed by atoms with E-state index in [4.69, 9.17) is 24.2 Å². The van der Waals surface area contributed by atoms with Gasteiger partial charge in [0.05, 0.1) is 36.4 Å². The second-order valence-electron chi connectivity index (χ2n) is 14.9. The molecule has 0 N–H and O–H groups in total. The third-order valence-electron chi connectivity index (χ3n) is 11.2. The van der Waals surface area contributed by atoms with Gasteiger partial charge < -0.3 is 33.8 Å². The summed E-state index contributed by atoms with van der Waals surface area (Å²) in [7, 11) is 9.83. The lowest BCUT2D eigenvalue weighted by molar-refractivity contribution is -0.144. The molecule has 3 aromatic carbocycles. The van der Waals surface area contributed by atoms with Gasteiger partial charge in [-0.25, -0.2) is 0 Å². The lowest BCUT2D eigenvalue weighted by Crippen LogP contribution is -2.56. The van der Waals surface area contributed by atoms with Crippen LogP contribution in [0.5, 0.6) is 23.0 Å². The van der Waals surface area contributed by atoms with Gasteiger partial charge in [0.1, 0.15) is 35.7 Å². The quantitative estimate of drug-likeness (QED) is 0.335. The number of carbonyl (C=O) groups is 4. The van der Waals surface area contributed by atoms with Gasteiger partial charge in [0.25, 0.3) is 0 Å². The van der Waals surface area contributed by atoms with Crippen molar-refractivity contribution in [3.8, 4) is 23.0 Å². The molecule has 316 valence electrons. The minimum atomic E-state index is -0.932. The summed E-state index contributed by atoms with van der Waals surface area (Å²) in [6.45, 7) is 5.11. The molecule has 0 fully saturated rings. The van der Waals surface area contributed by atoms with Crippen LogP contribution in [0, 0.1) is 0 Å². The molecule has 6 rings (SSSR count). The SMILES string of the molecule is COc1ccc(C[C@H]2C(SC)=N[C@@H](C)C(=O)N(C)[C@H]3Cc4ccc(cc4)Oc4cc(ccc4OC)C[C@@H](C(SC)=N[C@H](C)C(=O)N(C)[C@@H](C)C(=O)N2C)N(C)C3=O)cc1. The predicted octanol–water partition coefficient (Wildman–Crippen LogP) is 5.48. The molecular weight excluding hydrogens is 789 g/mol. The molecule has 4 amide bonds. The summed E-state index contributed by atoms with van der Waals surface area (Å²) >= 11 is 2.69. The first-order chi connectivity index (χ1) is 28.1. The zero-order chi connectivity index (χ0) is 43.1. The van der Waals surface area contributed by atoms with Crippen molar-refractivity contribution >= 4 is 57.2 Å². The van der Waals surface area contributed by atoms with Crippen molar-refractivity contribution in [3.63, 3.8) is 0 Å². The van der Waals surface area contributed by atoms with Crippen LogP contribution >= 0.6 is 23.5 Å². The maximum absolute atomic E-state index is 15.0. The Morgan fingerprint density at radius 3 is 1.80 bits per heavy atom. The molecule has 6 bridgehead atoms. The van der Waals surface area contributed by atoms with Crippen molar-refractivity contribution < 1.29 is 33.4 Å². The Balaban J connectivity index is 1.69. The van der Waals surface area contributed by atoms with E-state index in [2.05, 4.69) is 0 Å². The van der Waals surface area contributed by atoms with E-state index in [1.165, 1.54) is 33.3 Å². The molecule has 3 heterocycles. The molecule has 15 heteroatoms. The number of nitrogens with zero attached hydrogens (tertiary/aromatic N) is 6. The second kappa shape index (κ2) is 19.8. The highest BCUT2D eigenvalue weighted by atomic mass is 32.2. The molecule has 3 aromatic rings. The van der Waals surface area contributed by atoms with E-state index in [0.29, 0.717) is 45.9 Å². The van der Waals surface area contributed by atoms with Crippen LogP contribution in [0.25, 0.3) is 0 Å². The Hall–Kier alpha value is -5.02. The van der Waals surface area contributed by atoms with E-state index in [-0.39, 0.29) is 30.0 Å². The molecule has 6 atom stereocenters. The number of amides is 4. The van der Waals surface area contributed by atoms with Gasteiger partial charge in [-0.2, -0.15) is 0 Å². The second-order valence-corrected chi connectivity index (χ2v) is 16.6. The van der Waals surface area contributed by atoms with Crippen molar-refractivity contribution in [2.45, 2.75) is 76.3 Å². The summed E-state index contributed by atoms with van der Waals surface area (Å²) in [6.07, 6.45) is 4.63. The number of hydrogen-bond acceptors (Lipinski definition) is 11. The van der Waals surface area contributed by atoms with Crippen molar-refractivity contribution in [3.05, 3.63) is 83.4 Å². The largest absolute Gasteiger partial charge is 0.497 e. The molecule has 0 unspecified atom stereocenters. The van der Waals surface area contributed by atoms with Crippen molar-refractivity contribution in [1.82, 2.24) is 19.6 Å². The third-order valence-corrected chi connectivity index (χ3v) is 12.8. The number of methoxy groups -OCH3 is 2. The van der Waals surface area contributed by atoms with Crippen LogP contribution in [-0.4, -0.2) is 144 Å². The van der Waals surface area contributed by atoms with Gasteiger partial charge in [-0.15, -0.1) is 23.5 Å². The normalized spacial score (nSPS) is 23.9. The molecule has 3 aliphatic heterocycles. The van der Waals surface area contributed by atoms with E-state index in [0.717, 1.165) is 16.7 Å². The van der Waals surface area contributed by atoms with Crippen LogP contribution in [0.3, 0.4) is 0 Å². The monoisotopic (exact) mass is 844 g/mol. The van der Waals surface area contributed by atoms with Gasteiger partial charge in [0, 0.05) is 34.6 Å². The fourth-order valence-corrected chi connectivity index (χ4v) is 8.88. The number of rotatable bonds is 4. The van der Waals surface area contributed by atoms with Crippen molar-refractivity contribution in [2.24, 2.45) is 9.98 Å². The molecule has 13 nitrogen and oxygen atoms in total. The molecule has 59 heavy (non-hydrogen) atoms. The zero-order valence-electron chi connectivity index (χ0n) is 35.8. The Morgan fingerprint density at radius 2 is 1.20 bits per heavy atom. The maximum atomic E-state index is 15.0. The topological polar surface area (TPSA) is 134 Å². The Labute approximate surface area is 356 Å². The van der Waals surface area contributed by atoms with Crippen LogP contribution in [-0.2, 0) is 38.4 Å². The van der Waals surface area contributed by atoms with Crippen LogP contribution in [0.15, 0.2) is 76.7 Å². The minimum Gasteiger partial charge on any atom is -0.497 e. The average Bonchev–Trinajstić information content (AvgIpc) is 3.25. The van der Waals surface area contributed by atoms with Gasteiger partial charge >= 0.3 is 0 Å². The van der Waals surface area contributed by atoms with Crippen LogP contribution in [0.2, 0.25) is 0 Å². The number of carbonyl (C=O) groups excluding carboxylic acids is 4. The Bertz CT molecular complexity index is 2060. The highest BCUT2D eigenvalue weighted by Gasteiger charge is 2.38. The van der Waals surface area contributed by atoms with Gasteiger partial charge in [0.2, 0.25) is 23.6 Å². The number of thioether (sulfide) groups is 2. The summed E-state index contributed by atoms with van der Waals surface area (Å²) in [5, 5.41) is 1.09. The molecule has 0 saturated carbocycles. The Morgan fingerprint density at radius 1 is 0.644 bits per heavy atom. The summed E-state index contributed by atoms with van der Waals surface area (Å²) in [6, 6.07) is 15.8. The molecule has 0 aromatic heterocycles. The maximum Gasteiger partial charge on any atom is 0.247 e. The average molecular weight is 845 g/mol. The minimum absolute atomic E-state index is 0.208. The smallest absolute Gasteiger partial charge is 0.247 e. The van der Waals surface area contributed by atoms with Gasteiger partial charge in [-0.05, 0) is 99.2 Å². The summed E-state index contributed by atoms with van der Waals surface area (Å²) in [4.78, 5) is 74.3. The molecule has 0 aliphatic carbocycles. The number of likely N-dealkylation sites (N-methyl/N-ethyl adjacent to an activating group) is 4. The van der Waals surface area contributed by atoms with E-state index >= 15 is 4.79 Å². The number of benzene rings is 3. The van der Waals surface area contributed by atoms with Crippen LogP contribution in [0.1, 0.15) is 37.5 Å². The third kappa shape index (κ3) is 10.2. The zero-order valence-corrected chi connectivity index (χ0v) is 37.4. The van der Waals surface area contributed by atoms with Gasteiger partial charge in [-0.1, -0.05) is 30.3 Å². The number of hydrogen-bond donors (Lipinski definition) is 0. The van der Waals surface area contributed by atoms with E-state index < -0.39 is 36.3 Å². The van der Waals surface area contributed by atoms with Crippen molar-refractivity contribution in [1.29, 1.82) is 0 Å². The van der Waals surface area contributed by atoms with Crippen LogP contribution < -0.4 is 14.2 Å².